The van der Waals surface area contributed by atoms with Crippen LogP contribution >= 0.6 is 0 Å². The van der Waals surface area contributed by atoms with Gasteiger partial charge in [-0.2, -0.15) is 13.2 Å². The number of carbonyl (C=O) groups is 2. The highest BCUT2D eigenvalue weighted by molar-refractivity contribution is 5.94. The van der Waals surface area contributed by atoms with Crippen molar-refractivity contribution in [1.82, 2.24) is 9.80 Å². The topological polar surface area (TPSA) is 79.3 Å². The molecule has 0 aliphatic carbocycles. The Morgan fingerprint density at radius 2 is 1.54 bits per heavy atom. The van der Waals surface area contributed by atoms with Crippen molar-refractivity contribution in [2.45, 2.75) is 65.8 Å². The zero-order chi connectivity index (χ0) is 30.2. The van der Waals surface area contributed by atoms with Crippen LogP contribution in [0.15, 0.2) is 48.5 Å². The van der Waals surface area contributed by atoms with E-state index in [2.05, 4.69) is 47.9 Å². The second-order valence-electron chi connectivity index (χ2n) is 11.6. The van der Waals surface area contributed by atoms with Crippen LogP contribution in [0, 0.1) is 11.3 Å². The zero-order valence-corrected chi connectivity index (χ0v) is 24.2. The van der Waals surface area contributed by atoms with E-state index >= 15 is 0 Å². The van der Waals surface area contributed by atoms with Gasteiger partial charge in [0.15, 0.2) is 0 Å². The van der Waals surface area contributed by atoms with Crippen molar-refractivity contribution in [2.24, 2.45) is 11.3 Å². The number of rotatable bonds is 8. The lowest BCUT2D eigenvalue weighted by atomic mass is 9.77. The molecule has 0 bridgehead atoms. The van der Waals surface area contributed by atoms with Crippen LogP contribution in [0.3, 0.4) is 0 Å². The Hall–Kier alpha value is -3.27. The lowest BCUT2D eigenvalue weighted by molar-refractivity contribution is -0.192. The molecule has 1 amide bonds. The first-order valence-electron chi connectivity index (χ1n) is 14.1. The van der Waals surface area contributed by atoms with E-state index in [0.29, 0.717) is 5.92 Å². The van der Waals surface area contributed by atoms with Gasteiger partial charge in [0, 0.05) is 30.8 Å². The summed E-state index contributed by atoms with van der Waals surface area (Å²) in [6.45, 7) is 13.9. The van der Waals surface area contributed by atoms with Crippen LogP contribution in [0.25, 0.3) is 0 Å². The normalized spacial score (nSPS) is 17.0. The van der Waals surface area contributed by atoms with Crippen molar-refractivity contribution in [3.63, 3.8) is 0 Å². The highest BCUT2D eigenvalue weighted by Gasteiger charge is 2.42. The molecule has 0 radical (unpaired) electrons. The third-order valence-electron chi connectivity index (χ3n) is 7.30. The fourth-order valence-corrected chi connectivity index (χ4v) is 5.11. The fourth-order valence-electron chi connectivity index (χ4n) is 5.11. The molecule has 0 unspecified atom stereocenters. The molecule has 0 aromatic heterocycles. The van der Waals surface area contributed by atoms with Gasteiger partial charge in [-0.1, -0.05) is 32.0 Å². The summed E-state index contributed by atoms with van der Waals surface area (Å²) >= 11 is 0. The maximum atomic E-state index is 13.1. The number of ether oxygens (including phenoxy) is 2. The molecule has 1 spiro atoms. The van der Waals surface area contributed by atoms with Gasteiger partial charge in [-0.25, -0.2) is 4.79 Å². The van der Waals surface area contributed by atoms with Gasteiger partial charge in [0.25, 0.3) is 5.91 Å². The number of nitrogens with zero attached hydrogens (tertiary/aromatic N) is 2. The average Bonchev–Trinajstić information content (AvgIpc) is 3.32. The fraction of sp³-hybridized carbons (Fsp3) is 0.548. The van der Waals surface area contributed by atoms with E-state index in [9.17, 15) is 18.0 Å². The molecule has 2 aromatic carbocycles. The SMILES string of the molecule is CC(C)COc1ccccc1CN1CCC2(CC1)CCN(C(=O)c1ccc(OC(C)C)cc1)C2.O=C(O)C(F)(F)F. The number of carbonyl (C=O) groups excluding carboxylic acids is 1. The van der Waals surface area contributed by atoms with Crippen LogP contribution in [-0.2, 0) is 11.3 Å². The number of para-hydroxylation sites is 1. The van der Waals surface area contributed by atoms with Crippen molar-refractivity contribution in [3.8, 4) is 11.5 Å². The number of hydrogen-bond acceptors (Lipinski definition) is 5. The molecule has 0 saturated carbocycles. The minimum atomic E-state index is -5.08. The molecular weight excluding hydrogens is 537 g/mol. The smallest absolute Gasteiger partial charge is 0.490 e. The predicted octanol–water partition coefficient (Wildman–Crippen LogP) is 6.27. The van der Waals surface area contributed by atoms with E-state index < -0.39 is 12.1 Å². The third-order valence-corrected chi connectivity index (χ3v) is 7.30. The van der Waals surface area contributed by atoms with Crippen LogP contribution < -0.4 is 9.47 Å². The molecule has 2 aromatic rings. The number of piperidine rings is 1. The summed E-state index contributed by atoms with van der Waals surface area (Å²) in [6.07, 6.45) is -1.55. The predicted molar refractivity (Wildman–Crippen MR) is 150 cm³/mol. The van der Waals surface area contributed by atoms with Gasteiger partial charge in [-0.3, -0.25) is 9.69 Å². The van der Waals surface area contributed by atoms with E-state index in [4.69, 9.17) is 19.4 Å². The number of aliphatic carboxylic acids is 1. The quantitative estimate of drug-likeness (QED) is 0.398. The van der Waals surface area contributed by atoms with Crippen LogP contribution in [-0.4, -0.2) is 71.8 Å². The van der Waals surface area contributed by atoms with Gasteiger partial charge in [0.2, 0.25) is 0 Å². The Bertz CT molecular complexity index is 1140. The van der Waals surface area contributed by atoms with Gasteiger partial charge in [0.1, 0.15) is 11.5 Å². The number of likely N-dealkylation sites (tertiary alicyclic amines) is 2. The standard InChI is InChI=1S/C29H40N2O3.C2HF3O2/c1-22(2)20-33-27-8-6-5-7-25(27)19-30-16-13-29(14-17-30)15-18-31(21-29)28(32)24-9-11-26(12-10-24)34-23(3)4;3-2(4,5)1(6)7/h5-12,22-23H,13-21H2,1-4H3;(H,6,7). The first-order chi connectivity index (χ1) is 19.3. The van der Waals surface area contributed by atoms with Crippen molar-refractivity contribution < 1.29 is 37.3 Å². The maximum Gasteiger partial charge on any atom is 0.490 e. The maximum absolute atomic E-state index is 13.1. The van der Waals surface area contributed by atoms with Crippen LogP contribution in [0.1, 0.15) is 62.9 Å². The van der Waals surface area contributed by atoms with Crippen molar-refractivity contribution >= 4 is 11.9 Å². The number of carboxylic acid groups (broad SMARTS) is 1. The van der Waals surface area contributed by atoms with Gasteiger partial charge < -0.3 is 19.5 Å². The number of hydrogen-bond donors (Lipinski definition) is 1. The summed E-state index contributed by atoms with van der Waals surface area (Å²) in [5, 5.41) is 7.12. The molecule has 2 aliphatic heterocycles. The third kappa shape index (κ3) is 9.66. The minimum absolute atomic E-state index is 0.131. The Labute approximate surface area is 240 Å². The monoisotopic (exact) mass is 578 g/mol. The van der Waals surface area contributed by atoms with E-state index in [1.807, 2.05) is 38.1 Å². The molecule has 41 heavy (non-hydrogen) atoms. The van der Waals surface area contributed by atoms with Gasteiger partial charge >= 0.3 is 12.1 Å². The van der Waals surface area contributed by atoms with Crippen LogP contribution in [0.2, 0.25) is 0 Å². The molecular formula is C31H41F3N2O5. The Morgan fingerprint density at radius 3 is 2.10 bits per heavy atom. The first kappa shape index (κ1) is 32.2. The molecule has 2 fully saturated rings. The number of amides is 1. The molecule has 226 valence electrons. The molecule has 2 heterocycles. The summed E-state index contributed by atoms with van der Waals surface area (Å²) in [5.41, 5.74) is 2.29. The number of carboxylic acids is 1. The van der Waals surface area contributed by atoms with Crippen molar-refractivity contribution in [1.29, 1.82) is 0 Å². The second-order valence-corrected chi connectivity index (χ2v) is 11.6. The summed E-state index contributed by atoms with van der Waals surface area (Å²) in [6, 6.07) is 16.0. The van der Waals surface area contributed by atoms with Gasteiger partial charge in [0.05, 0.1) is 12.7 Å². The van der Waals surface area contributed by atoms with Crippen molar-refractivity contribution in [3.05, 3.63) is 59.7 Å². The molecule has 4 rings (SSSR count). The number of halogens is 3. The van der Waals surface area contributed by atoms with E-state index in [-0.39, 0.29) is 17.4 Å². The lowest BCUT2D eigenvalue weighted by Gasteiger charge is -2.39. The molecule has 2 saturated heterocycles. The summed E-state index contributed by atoms with van der Waals surface area (Å²) < 4.78 is 43.5. The van der Waals surface area contributed by atoms with Crippen LogP contribution in [0.5, 0.6) is 11.5 Å². The number of alkyl halides is 3. The highest BCUT2D eigenvalue weighted by Crippen LogP contribution is 2.41. The highest BCUT2D eigenvalue weighted by atomic mass is 19.4. The Morgan fingerprint density at radius 1 is 0.951 bits per heavy atom. The summed E-state index contributed by atoms with van der Waals surface area (Å²) in [4.78, 5) is 26.6. The Balaban J connectivity index is 0.000000587. The van der Waals surface area contributed by atoms with E-state index in [1.54, 1.807) is 0 Å². The minimum Gasteiger partial charge on any atom is -0.493 e. The zero-order valence-electron chi connectivity index (χ0n) is 24.2. The molecule has 10 heteroatoms. The molecule has 7 nitrogen and oxygen atoms in total. The first-order valence-corrected chi connectivity index (χ1v) is 14.1. The van der Waals surface area contributed by atoms with E-state index in [1.165, 1.54) is 5.56 Å². The second kappa shape index (κ2) is 14.1. The van der Waals surface area contributed by atoms with Gasteiger partial charge in [-0.05, 0) is 87.9 Å². The van der Waals surface area contributed by atoms with Crippen LogP contribution in [0.4, 0.5) is 13.2 Å². The summed E-state index contributed by atoms with van der Waals surface area (Å²) in [7, 11) is 0. The lowest BCUT2D eigenvalue weighted by Crippen LogP contribution is -2.42. The molecule has 0 atom stereocenters. The average molecular weight is 579 g/mol. The van der Waals surface area contributed by atoms with Crippen molar-refractivity contribution in [2.75, 3.05) is 32.8 Å². The Kier molecular flexibility index (Phi) is 11.1. The number of benzene rings is 2. The molecule has 2 aliphatic rings. The van der Waals surface area contributed by atoms with Gasteiger partial charge in [-0.15, -0.1) is 0 Å². The largest absolute Gasteiger partial charge is 0.493 e. The molecule has 1 N–H and O–H groups in total. The summed E-state index contributed by atoms with van der Waals surface area (Å²) in [5.74, 6) is -0.270. The van der Waals surface area contributed by atoms with E-state index in [0.717, 1.165) is 75.7 Å².